The van der Waals surface area contributed by atoms with E-state index in [1.54, 1.807) is 23.9 Å². The van der Waals surface area contributed by atoms with Gasteiger partial charge in [-0.3, -0.25) is 4.79 Å². The molecule has 14 heavy (non-hydrogen) atoms. The van der Waals surface area contributed by atoms with Gasteiger partial charge >= 0.3 is 5.97 Å². The first kappa shape index (κ1) is 9.40. The Hall–Kier alpha value is -1.16. The lowest BCUT2D eigenvalue weighted by molar-refractivity contribution is -0.137. The zero-order chi connectivity index (χ0) is 10.1. The lowest BCUT2D eigenvalue weighted by atomic mass is 9.97. The lowest BCUT2D eigenvalue weighted by Gasteiger charge is -2.08. The second-order valence-corrected chi connectivity index (χ2v) is 4.36. The Morgan fingerprint density at radius 2 is 2.36 bits per heavy atom. The quantitative estimate of drug-likeness (QED) is 0.784. The largest absolute Gasteiger partial charge is 0.508 e. The van der Waals surface area contributed by atoms with E-state index in [0.717, 1.165) is 16.2 Å². The molecule has 0 aromatic heterocycles. The summed E-state index contributed by atoms with van der Waals surface area (Å²) in [4.78, 5) is 11.6. The highest BCUT2D eigenvalue weighted by Crippen LogP contribution is 2.45. The van der Waals surface area contributed by atoms with Crippen LogP contribution in [0.5, 0.6) is 5.75 Å². The maximum absolute atomic E-state index is 10.6. The molecule has 1 aliphatic heterocycles. The second kappa shape index (κ2) is 3.53. The van der Waals surface area contributed by atoms with Crippen molar-refractivity contribution in [3.8, 4) is 5.75 Å². The highest BCUT2D eigenvalue weighted by atomic mass is 32.2. The summed E-state index contributed by atoms with van der Waals surface area (Å²) in [5.74, 6) is 0.110. The number of aromatic hydroxyl groups is 1. The van der Waals surface area contributed by atoms with E-state index in [1.807, 2.05) is 6.07 Å². The molecule has 0 saturated carbocycles. The van der Waals surface area contributed by atoms with Gasteiger partial charge in [-0.05, 0) is 12.1 Å². The molecule has 0 aliphatic carbocycles. The van der Waals surface area contributed by atoms with E-state index in [4.69, 9.17) is 5.11 Å². The van der Waals surface area contributed by atoms with Crippen LogP contribution >= 0.6 is 11.8 Å². The van der Waals surface area contributed by atoms with Gasteiger partial charge in [-0.2, -0.15) is 0 Å². The molecule has 0 spiro atoms. The third-order valence-electron chi connectivity index (χ3n) is 2.31. The molecule has 1 aliphatic rings. The van der Waals surface area contributed by atoms with E-state index < -0.39 is 5.97 Å². The van der Waals surface area contributed by atoms with Crippen molar-refractivity contribution in [3.05, 3.63) is 23.8 Å². The molecule has 0 fully saturated rings. The van der Waals surface area contributed by atoms with Crippen molar-refractivity contribution < 1.29 is 15.0 Å². The number of carbonyl (C=O) groups is 1. The second-order valence-electron chi connectivity index (χ2n) is 3.29. The molecule has 0 saturated heterocycles. The molecule has 74 valence electrons. The first-order chi connectivity index (χ1) is 6.68. The molecule has 0 amide bonds. The number of aliphatic carboxylic acids is 1. The number of phenolic OH excluding ortho intramolecular Hbond substituents is 1. The van der Waals surface area contributed by atoms with Gasteiger partial charge in [0.2, 0.25) is 0 Å². The van der Waals surface area contributed by atoms with Crippen LogP contribution in [0.15, 0.2) is 23.1 Å². The number of benzene rings is 1. The Kier molecular flexibility index (Phi) is 2.37. The third kappa shape index (κ3) is 1.57. The summed E-state index contributed by atoms with van der Waals surface area (Å²) in [5, 5.41) is 18.3. The predicted molar refractivity (Wildman–Crippen MR) is 53.8 cm³/mol. The SMILES string of the molecule is O=C(O)CC1CSc2cccc(O)c21. The van der Waals surface area contributed by atoms with Gasteiger partial charge in [-0.1, -0.05) is 6.07 Å². The van der Waals surface area contributed by atoms with Crippen LogP contribution in [0.25, 0.3) is 0 Å². The summed E-state index contributed by atoms with van der Waals surface area (Å²) < 4.78 is 0. The number of hydrogen-bond acceptors (Lipinski definition) is 3. The van der Waals surface area contributed by atoms with Gasteiger partial charge in [0.15, 0.2) is 0 Å². The average molecular weight is 210 g/mol. The number of carboxylic acids is 1. The molecular formula is C10H10O3S. The highest BCUT2D eigenvalue weighted by Gasteiger charge is 2.27. The highest BCUT2D eigenvalue weighted by molar-refractivity contribution is 7.99. The van der Waals surface area contributed by atoms with Crippen molar-refractivity contribution in [1.82, 2.24) is 0 Å². The van der Waals surface area contributed by atoms with Crippen LogP contribution in [0.1, 0.15) is 17.9 Å². The Morgan fingerprint density at radius 1 is 1.57 bits per heavy atom. The molecular weight excluding hydrogens is 200 g/mol. The standard InChI is InChI=1S/C10H10O3S/c11-7-2-1-3-8-10(7)6(5-14-8)4-9(12)13/h1-3,6,11H,4-5H2,(H,12,13). The van der Waals surface area contributed by atoms with Crippen LogP contribution in [-0.2, 0) is 4.79 Å². The van der Waals surface area contributed by atoms with Crippen LogP contribution in [0.2, 0.25) is 0 Å². The third-order valence-corrected chi connectivity index (χ3v) is 3.55. The molecule has 1 aromatic rings. The van der Waals surface area contributed by atoms with Crippen LogP contribution in [0.3, 0.4) is 0 Å². The van der Waals surface area contributed by atoms with Crippen molar-refractivity contribution in [1.29, 1.82) is 0 Å². The minimum absolute atomic E-state index is 0.0475. The molecule has 1 heterocycles. The Labute approximate surface area is 85.8 Å². The minimum atomic E-state index is -0.813. The predicted octanol–water partition coefficient (Wildman–Crippen LogP) is 2.06. The lowest BCUT2D eigenvalue weighted by Crippen LogP contribution is -2.05. The topological polar surface area (TPSA) is 57.5 Å². The molecule has 1 aromatic carbocycles. The van der Waals surface area contributed by atoms with Gasteiger partial charge < -0.3 is 10.2 Å². The number of phenols is 1. The van der Waals surface area contributed by atoms with E-state index >= 15 is 0 Å². The van der Waals surface area contributed by atoms with Gasteiger partial charge in [0.1, 0.15) is 5.75 Å². The normalized spacial score (nSPS) is 19.3. The van der Waals surface area contributed by atoms with Crippen LogP contribution in [0.4, 0.5) is 0 Å². The molecule has 2 rings (SSSR count). The summed E-state index contributed by atoms with van der Waals surface area (Å²) in [6.07, 6.45) is 0.0948. The van der Waals surface area contributed by atoms with Gasteiger partial charge in [0.05, 0.1) is 6.42 Å². The summed E-state index contributed by atoms with van der Waals surface area (Å²) >= 11 is 1.61. The molecule has 2 N–H and O–H groups in total. The van der Waals surface area contributed by atoms with Crippen molar-refractivity contribution in [2.75, 3.05) is 5.75 Å². The maximum atomic E-state index is 10.6. The Morgan fingerprint density at radius 3 is 3.07 bits per heavy atom. The fourth-order valence-corrected chi connectivity index (χ4v) is 2.98. The van der Waals surface area contributed by atoms with E-state index in [0.29, 0.717) is 0 Å². The first-order valence-electron chi connectivity index (χ1n) is 4.35. The fourth-order valence-electron chi connectivity index (χ4n) is 1.71. The van der Waals surface area contributed by atoms with Gasteiger partial charge in [0.25, 0.3) is 0 Å². The molecule has 1 unspecified atom stereocenters. The maximum Gasteiger partial charge on any atom is 0.303 e. The molecule has 3 nitrogen and oxygen atoms in total. The smallest absolute Gasteiger partial charge is 0.303 e. The molecule has 4 heteroatoms. The Bertz CT molecular complexity index is 376. The van der Waals surface area contributed by atoms with E-state index in [-0.39, 0.29) is 18.1 Å². The monoisotopic (exact) mass is 210 g/mol. The zero-order valence-corrected chi connectivity index (χ0v) is 8.25. The number of carboxylic acid groups (broad SMARTS) is 1. The number of thioether (sulfide) groups is 1. The summed E-state index contributed by atoms with van der Waals surface area (Å²) in [5.41, 5.74) is 0.805. The zero-order valence-electron chi connectivity index (χ0n) is 7.43. The van der Waals surface area contributed by atoms with Gasteiger partial charge in [-0.25, -0.2) is 0 Å². The van der Waals surface area contributed by atoms with Gasteiger partial charge in [-0.15, -0.1) is 11.8 Å². The minimum Gasteiger partial charge on any atom is -0.508 e. The molecule has 1 atom stereocenters. The van der Waals surface area contributed by atoms with Crippen molar-refractivity contribution in [3.63, 3.8) is 0 Å². The summed E-state index contributed by atoms with van der Waals surface area (Å²) in [7, 11) is 0. The summed E-state index contributed by atoms with van der Waals surface area (Å²) in [6, 6.07) is 5.31. The van der Waals surface area contributed by atoms with E-state index in [1.165, 1.54) is 0 Å². The Balaban J connectivity index is 2.33. The summed E-state index contributed by atoms with van der Waals surface area (Å²) in [6.45, 7) is 0. The van der Waals surface area contributed by atoms with E-state index in [9.17, 15) is 9.90 Å². The number of rotatable bonds is 2. The average Bonchev–Trinajstić information content (AvgIpc) is 2.49. The number of hydrogen-bond donors (Lipinski definition) is 2. The van der Waals surface area contributed by atoms with Crippen molar-refractivity contribution in [2.45, 2.75) is 17.2 Å². The van der Waals surface area contributed by atoms with Gasteiger partial charge in [0, 0.05) is 22.1 Å². The molecule has 0 radical (unpaired) electrons. The van der Waals surface area contributed by atoms with Crippen LogP contribution in [0, 0.1) is 0 Å². The number of fused-ring (bicyclic) bond motifs is 1. The molecule has 0 bridgehead atoms. The van der Waals surface area contributed by atoms with Crippen molar-refractivity contribution >= 4 is 17.7 Å². The van der Waals surface area contributed by atoms with Crippen LogP contribution in [-0.4, -0.2) is 21.9 Å². The van der Waals surface area contributed by atoms with E-state index in [2.05, 4.69) is 0 Å². The van der Waals surface area contributed by atoms with Crippen LogP contribution < -0.4 is 0 Å². The van der Waals surface area contributed by atoms with Crippen molar-refractivity contribution in [2.24, 2.45) is 0 Å². The fraction of sp³-hybridized carbons (Fsp3) is 0.300. The first-order valence-corrected chi connectivity index (χ1v) is 5.33.